The highest BCUT2D eigenvalue weighted by atomic mass is 19.1. The molecule has 0 atom stereocenters. The average molecular weight is 270 g/mol. The molecule has 0 amide bonds. The number of nitrogens with zero attached hydrogens (tertiary/aromatic N) is 1. The fraction of sp³-hybridized carbons (Fsp3) is 0. The molecule has 0 aliphatic heterocycles. The molecule has 2 aromatic carbocycles. The van der Waals surface area contributed by atoms with Gasteiger partial charge in [0, 0.05) is 5.69 Å². The first-order chi connectivity index (χ1) is 9.63. The van der Waals surface area contributed by atoms with Gasteiger partial charge in [-0.05, 0) is 30.3 Å². The van der Waals surface area contributed by atoms with Crippen molar-refractivity contribution in [2.75, 3.05) is 11.1 Å². The summed E-state index contributed by atoms with van der Waals surface area (Å²) in [4.78, 5) is 18.7. The zero-order valence-electron chi connectivity index (χ0n) is 10.4. The molecule has 6 heteroatoms. The Morgan fingerprint density at radius 1 is 1.20 bits per heavy atom. The smallest absolute Gasteiger partial charge is 0.260 e. The lowest BCUT2D eigenvalue weighted by molar-refractivity contribution is 0.631. The summed E-state index contributed by atoms with van der Waals surface area (Å²) in [7, 11) is 0. The van der Waals surface area contributed by atoms with E-state index in [2.05, 4.69) is 15.3 Å². The van der Waals surface area contributed by atoms with Gasteiger partial charge in [0.05, 0.1) is 16.6 Å². The maximum absolute atomic E-state index is 13.5. The number of nitrogen functional groups attached to an aromatic ring is 1. The molecule has 0 radical (unpaired) electrons. The van der Waals surface area contributed by atoms with E-state index in [1.54, 1.807) is 36.4 Å². The van der Waals surface area contributed by atoms with Crippen LogP contribution in [0.5, 0.6) is 0 Å². The van der Waals surface area contributed by atoms with Gasteiger partial charge in [0.25, 0.3) is 5.56 Å². The van der Waals surface area contributed by atoms with Gasteiger partial charge in [-0.2, -0.15) is 0 Å². The van der Waals surface area contributed by atoms with E-state index in [-0.39, 0.29) is 17.2 Å². The van der Waals surface area contributed by atoms with Crippen LogP contribution in [-0.2, 0) is 0 Å². The van der Waals surface area contributed by atoms with Gasteiger partial charge in [-0.1, -0.05) is 12.1 Å². The van der Waals surface area contributed by atoms with E-state index in [9.17, 15) is 9.18 Å². The van der Waals surface area contributed by atoms with Crippen LogP contribution in [0, 0.1) is 5.82 Å². The molecule has 100 valence electrons. The monoisotopic (exact) mass is 270 g/mol. The van der Waals surface area contributed by atoms with E-state index in [0.29, 0.717) is 16.6 Å². The molecule has 1 aromatic heterocycles. The quantitative estimate of drug-likeness (QED) is 0.624. The van der Waals surface area contributed by atoms with Gasteiger partial charge in [-0.15, -0.1) is 0 Å². The number of rotatable bonds is 2. The Labute approximate surface area is 113 Å². The molecule has 1 heterocycles. The Hall–Kier alpha value is -2.89. The summed E-state index contributed by atoms with van der Waals surface area (Å²) < 4.78 is 13.5. The summed E-state index contributed by atoms with van der Waals surface area (Å²) in [6.07, 6.45) is 0. The Bertz CT molecular complexity index is 844. The third-order valence-corrected chi connectivity index (χ3v) is 2.86. The van der Waals surface area contributed by atoms with E-state index >= 15 is 0 Å². The average Bonchev–Trinajstić information content (AvgIpc) is 2.42. The number of nitrogens with two attached hydrogens (primary N) is 1. The summed E-state index contributed by atoms with van der Waals surface area (Å²) in [6, 6.07) is 11.0. The molecular weight excluding hydrogens is 259 g/mol. The number of fused-ring (bicyclic) bond motifs is 1. The lowest BCUT2D eigenvalue weighted by Gasteiger charge is -2.07. The second-order valence-corrected chi connectivity index (χ2v) is 4.30. The topological polar surface area (TPSA) is 83.8 Å². The number of anilines is 3. The number of nitrogens with one attached hydrogen (secondary N) is 2. The van der Waals surface area contributed by atoms with E-state index in [4.69, 9.17) is 5.73 Å². The van der Waals surface area contributed by atoms with Gasteiger partial charge in [0.15, 0.2) is 0 Å². The van der Waals surface area contributed by atoms with Crippen molar-refractivity contribution in [2.24, 2.45) is 0 Å². The predicted octanol–water partition coefficient (Wildman–Crippen LogP) is 2.39. The van der Waals surface area contributed by atoms with Crippen LogP contribution in [-0.4, -0.2) is 9.97 Å². The van der Waals surface area contributed by atoms with Crippen LogP contribution in [0.3, 0.4) is 0 Å². The van der Waals surface area contributed by atoms with E-state index in [1.807, 2.05) is 0 Å². The van der Waals surface area contributed by atoms with Crippen molar-refractivity contribution < 1.29 is 4.39 Å². The second kappa shape index (κ2) is 4.65. The second-order valence-electron chi connectivity index (χ2n) is 4.30. The van der Waals surface area contributed by atoms with Gasteiger partial charge < -0.3 is 11.1 Å². The maximum atomic E-state index is 13.5. The number of hydrogen-bond acceptors (Lipinski definition) is 4. The summed E-state index contributed by atoms with van der Waals surface area (Å²) in [5, 5.41) is 3.14. The van der Waals surface area contributed by atoms with Crippen molar-refractivity contribution in [2.45, 2.75) is 0 Å². The molecule has 4 N–H and O–H groups in total. The van der Waals surface area contributed by atoms with Crippen molar-refractivity contribution in [3.05, 3.63) is 58.6 Å². The normalized spacial score (nSPS) is 10.7. The van der Waals surface area contributed by atoms with Crippen molar-refractivity contribution >= 4 is 28.2 Å². The molecule has 0 bridgehead atoms. The van der Waals surface area contributed by atoms with Crippen LogP contribution in [0.15, 0.2) is 47.3 Å². The minimum absolute atomic E-state index is 0.178. The van der Waals surface area contributed by atoms with Crippen LogP contribution in [0.4, 0.5) is 21.7 Å². The molecule has 0 saturated heterocycles. The molecule has 0 aliphatic rings. The zero-order chi connectivity index (χ0) is 14.1. The van der Waals surface area contributed by atoms with Gasteiger partial charge in [0.1, 0.15) is 5.82 Å². The first-order valence-corrected chi connectivity index (χ1v) is 5.94. The highest BCUT2D eigenvalue weighted by Gasteiger charge is 2.06. The summed E-state index contributed by atoms with van der Waals surface area (Å²) in [5.41, 5.74) is 6.51. The maximum Gasteiger partial charge on any atom is 0.260 e. The fourth-order valence-corrected chi connectivity index (χ4v) is 1.91. The third kappa shape index (κ3) is 2.18. The number of para-hydroxylation sites is 1. The predicted molar refractivity (Wildman–Crippen MR) is 76.5 cm³/mol. The molecule has 3 rings (SSSR count). The number of hydrogen-bond donors (Lipinski definition) is 3. The molecule has 0 fully saturated rings. The third-order valence-electron chi connectivity index (χ3n) is 2.86. The molecule has 20 heavy (non-hydrogen) atoms. The number of halogens is 1. The van der Waals surface area contributed by atoms with Crippen molar-refractivity contribution in [1.29, 1.82) is 0 Å². The van der Waals surface area contributed by atoms with Gasteiger partial charge in [-0.3, -0.25) is 9.78 Å². The highest BCUT2D eigenvalue weighted by molar-refractivity contribution is 5.82. The molecule has 0 aliphatic carbocycles. The van der Waals surface area contributed by atoms with Crippen molar-refractivity contribution in [1.82, 2.24) is 9.97 Å². The SMILES string of the molecule is Nc1ccc2nc(Nc3ccccc3F)[nH]c(=O)c2c1. The Morgan fingerprint density at radius 3 is 2.80 bits per heavy atom. The Morgan fingerprint density at radius 2 is 2.00 bits per heavy atom. The van der Waals surface area contributed by atoms with E-state index in [0.717, 1.165) is 0 Å². The molecule has 0 saturated carbocycles. The minimum Gasteiger partial charge on any atom is -0.399 e. The molecule has 0 unspecified atom stereocenters. The first kappa shape index (κ1) is 12.2. The van der Waals surface area contributed by atoms with Crippen molar-refractivity contribution in [3.63, 3.8) is 0 Å². The summed E-state index contributed by atoms with van der Waals surface area (Å²) in [6.45, 7) is 0. The summed E-state index contributed by atoms with van der Waals surface area (Å²) in [5.74, 6) is -0.245. The van der Waals surface area contributed by atoms with Crippen LogP contribution in [0.1, 0.15) is 0 Å². The molecule has 0 spiro atoms. The molecule has 3 aromatic rings. The number of H-pyrrole nitrogens is 1. The Kier molecular flexibility index (Phi) is 2.83. The number of benzene rings is 2. The Balaban J connectivity index is 2.08. The molecule has 5 nitrogen and oxygen atoms in total. The van der Waals surface area contributed by atoms with Crippen LogP contribution < -0.4 is 16.6 Å². The standard InChI is InChI=1S/C14H11FN4O/c15-10-3-1-2-4-12(10)18-14-17-11-6-5-8(16)7-9(11)13(20)19-14/h1-7H,16H2,(H2,17,18,19,20). The van der Waals surface area contributed by atoms with Gasteiger partial charge in [-0.25, -0.2) is 9.37 Å². The van der Waals surface area contributed by atoms with E-state index in [1.165, 1.54) is 6.07 Å². The van der Waals surface area contributed by atoms with Gasteiger partial charge >= 0.3 is 0 Å². The van der Waals surface area contributed by atoms with Crippen LogP contribution in [0.2, 0.25) is 0 Å². The lowest BCUT2D eigenvalue weighted by Crippen LogP contribution is -2.11. The highest BCUT2D eigenvalue weighted by Crippen LogP contribution is 2.18. The van der Waals surface area contributed by atoms with Crippen molar-refractivity contribution in [3.8, 4) is 0 Å². The fourth-order valence-electron chi connectivity index (χ4n) is 1.91. The lowest BCUT2D eigenvalue weighted by atomic mass is 10.2. The van der Waals surface area contributed by atoms with Crippen LogP contribution >= 0.6 is 0 Å². The largest absolute Gasteiger partial charge is 0.399 e. The van der Waals surface area contributed by atoms with Crippen LogP contribution in [0.25, 0.3) is 10.9 Å². The van der Waals surface area contributed by atoms with Gasteiger partial charge in [0.2, 0.25) is 5.95 Å². The number of aromatic nitrogens is 2. The summed E-state index contributed by atoms with van der Waals surface area (Å²) >= 11 is 0. The zero-order valence-corrected chi connectivity index (χ0v) is 10.4. The van der Waals surface area contributed by atoms with E-state index < -0.39 is 5.82 Å². The first-order valence-electron chi connectivity index (χ1n) is 5.94. The molecular formula is C14H11FN4O. The minimum atomic E-state index is -0.424. The number of aromatic amines is 1.